The van der Waals surface area contributed by atoms with E-state index in [0.29, 0.717) is 6.54 Å². The predicted molar refractivity (Wildman–Crippen MR) is 40.0 cm³/mol. The summed E-state index contributed by atoms with van der Waals surface area (Å²) >= 11 is 0. The van der Waals surface area contributed by atoms with Gasteiger partial charge in [0.1, 0.15) is 5.76 Å². The van der Waals surface area contributed by atoms with E-state index < -0.39 is 0 Å². The van der Waals surface area contributed by atoms with Crippen LogP contribution in [0.2, 0.25) is 0 Å². The third kappa shape index (κ3) is 2.33. The molecule has 2 N–H and O–H groups in total. The Balaban J connectivity index is 2.29. The molecular formula is C7H10N2O2. The number of hydrogen-bond acceptors (Lipinski definition) is 2. The van der Waals surface area contributed by atoms with Crippen LogP contribution in [0.4, 0.5) is 4.79 Å². The van der Waals surface area contributed by atoms with Crippen molar-refractivity contribution in [3.63, 3.8) is 0 Å². The molecule has 0 unspecified atom stereocenters. The molecule has 0 aliphatic carbocycles. The fraction of sp³-hybridized carbons (Fsp3) is 0.286. The van der Waals surface area contributed by atoms with Crippen molar-refractivity contribution in [2.45, 2.75) is 6.54 Å². The molecule has 0 aliphatic rings. The number of amides is 2. The predicted octanol–water partition coefficient (Wildman–Crippen LogP) is 0.709. The van der Waals surface area contributed by atoms with Crippen molar-refractivity contribution in [2.24, 2.45) is 0 Å². The lowest BCUT2D eigenvalue weighted by molar-refractivity contribution is 0.241. The molecule has 1 heterocycles. The van der Waals surface area contributed by atoms with Crippen molar-refractivity contribution in [2.75, 3.05) is 7.05 Å². The first kappa shape index (κ1) is 7.65. The highest BCUT2D eigenvalue weighted by Gasteiger charge is 1.97. The third-order valence-electron chi connectivity index (χ3n) is 1.23. The Morgan fingerprint density at radius 2 is 2.55 bits per heavy atom. The van der Waals surface area contributed by atoms with Gasteiger partial charge >= 0.3 is 6.03 Å². The molecule has 0 bridgehead atoms. The van der Waals surface area contributed by atoms with Crippen LogP contribution in [-0.4, -0.2) is 13.1 Å². The van der Waals surface area contributed by atoms with Crippen LogP contribution in [0.15, 0.2) is 22.8 Å². The van der Waals surface area contributed by atoms with Gasteiger partial charge < -0.3 is 15.1 Å². The topological polar surface area (TPSA) is 54.3 Å². The molecule has 0 saturated carbocycles. The Morgan fingerprint density at radius 1 is 1.73 bits per heavy atom. The summed E-state index contributed by atoms with van der Waals surface area (Å²) in [4.78, 5) is 10.6. The Hall–Kier alpha value is -1.45. The molecule has 60 valence electrons. The van der Waals surface area contributed by atoms with Crippen molar-refractivity contribution >= 4 is 6.03 Å². The van der Waals surface area contributed by atoms with Gasteiger partial charge in [0.25, 0.3) is 0 Å². The highest BCUT2D eigenvalue weighted by atomic mass is 16.3. The van der Waals surface area contributed by atoms with Crippen LogP contribution in [0.5, 0.6) is 0 Å². The van der Waals surface area contributed by atoms with Gasteiger partial charge in [0.15, 0.2) is 0 Å². The Labute approximate surface area is 64.6 Å². The average Bonchev–Trinajstić information content (AvgIpc) is 2.52. The quantitative estimate of drug-likeness (QED) is 0.659. The molecule has 4 heteroatoms. The molecule has 0 aliphatic heterocycles. The van der Waals surface area contributed by atoms with E-state index in [4.69, 9.17) is 4.42 Å². The smallest absolute Gasteiger partial charge is 0.314 e. The molecule has 1 aromatic rings. The molecular weight excluding hydrogens is 144 g/mol. The van der Waals surface area contributed by atoms with Gasteiger partial charge in [0.2, 0.25) is 0 Å². The molecule has 0 radical (unpaired) electrons. The van der Waals surface area contributed by atoms with Crippen LogP contribution in [0.25, 0.3) is 0 Å². The molecule has 0 atom stereocenters. The molecule has 0 saturated heterocycles. The Kier molecular flexibility index (Phi) is 2.54. The van der Waals surface area contributed by atoms with Gasteiger partial charge in [0, 0.05) is 7.05 Å². The summed E-state index contributed by atoms with van der Waals surface area (Å²) in [5, 5.41) is 5.03. The van der Waals surface area contributed by atoms with E-state index in [2.05, 4.69) is 10.6 Å². The van der Waals surface area contributed by atoms with Gasteiger partial charge in [-0.1, -0.05) is 0 Å². The molecule has 0 aromatic carbocycles. The monoisotopic (exact) mass is 154 g/mol. The normalized spacial score (nSPS) is 9.18. The second-order valence-corrected chi connectivity index (χ2v) is 2.01. The first-order chi connectivity index (χ1) is 5.33. The number of carbonyl (C=O) groups excluding carboxylic acids is 1. The number of hydrogen-bond donors (Lipinski definition) is 2. The van der Waals surface area contributed by atoms with Crippen molar-refractivity contribution in [1.29, 1.82) is 0 Å². The zero-order chi connectivity index (χ0) is 8.10. The molecule has 0 spiro atoms. The van der Waals surface area contributed by atoms with Crippen molar-refractivity contribution in [3.05, 3.63) is 24.2 Å². The van der Waals surface area contributed by atoms with E-state index in [1.54, 1.807) is 25.4 Å². The first-order valence-electron chi connectivity index (χ1n) is 3.31. The van der Waals surface area contributed by atoms with E-state index in [-0.39, 0.29) is 6.03 Å². The van der Waals surface area contributed by atoms with E-state index in [1.807, 2.05) is 0 Å². The minimum Gasteiger partial charge on any atom is -0.467 e. The maximum atomic E-state index is 10.6. The zero-order valence-corrected chi connectivity index (χ0v) is 6.26. The Bertz CT molecular complexity index is 218. The maximum Gasteiger partial charge on any atom is 0.314 e. The van der Waals surface area contributed by atoms with Crippen molar-refractivity contribution in [3.8, 4) is 0 Å². The van der Waals surface area contributed by atoms with E-state index in [0.717, 1.165) is 5.76 Å². The van der Waals surface area contributed by atoms with Gasteiger partial charge in [0.05, 0.1) is 12.8 Å². The van der Waals surface area contributed by atoms with Crippen LogP contribution in [0.3, 0.4) is 0 Å². The summed E-state index contributed by atoms with van der Waals surface area (Å²) in [6, 6.07) is 3.37. The van der Waals surface area contributed by atoms with Gasteiger partial charge in [-0.15, -0.1) is 0 Å². The first-order valence-corrected chi connectivity index (χ1v) is 3.31. The van der Waals surface area contributed by atoms with E-state index >= 15 is 0 Å². The maximum absolute atomic E-state index is 10.6. The lowest BCUT2D eigenvalue weighted by atomic mass is 10.4. The van der Waals surface area contributed by atoms with E-state index in [9.17, 15) is 4.79 Å². The van der Waals surface area contributed by atoms with Gasteiger partial charge in [-0.2, -0.15) is 0 Å². The lowest BCUT2D eigenvalue weighted by Gasteiger charge is -1.99. The summed E-state index contributed by atoms with van der Waals surface area (Å²) in [5.74, 6) is 0.744. The Morgan fingerprint density at radius 3 is 3.09 bits per heavy atom. The second kappa shape index (κ2) is 3.65. The minimum atomic E-state index is -0.207. The summed E-state index contributed by atoms with van der Waals surface area (Å²) in [7, 11) is 1.57. The van der Waals surface area contributed by atoms with Crippen LogP contribution in [-0.2, 0) is 6.54 Å². The minimum absolute atomic E-state index is 0.207. The fourth-order valence-corrected chi connectivity index (χ4v) is 0.669. The summed E-state index contributed by atoms with van der Waals surface area (Å²) in [5.41, 5.74) is 0. The number of nitrogens with one attached hydrogen (secondary N) is 2. The van der Waals surface area contributed by atoms with Crippen molar-refractivity contribution < 1.29 is 9.21 Å². The second-order valence-electron chi connectivity index (χ2n) is 2.01. The fourth-order valence-electron chi connectivity index (χ4n) is 0.669. The number of carbonyl (C=O) groups is 1. The highest BCUT2D eigenvalue weighted by Crippen LogP contribution is 1.97. The summed E-state index contributed by atoms with van der Waals surface area (Å²) in [6.07, 6.45) is 1.57. The van der Waals surface area contributed by atoms with Crippen LogP contribution < -0.4 is 10.6 Å². The third-order valence-corrected chi connectivity index (χ3v) is 1.23. The molecule has 1 rings (SSSR count). The van der Waals surface area contributed by atoms with Crippen molar-refractivity contribution in [1.82, 2.24) is 10.6 Å². The van der Waals surface area contributed by atoms with Gasteiger partial charge in [-0.3, -0.25) is 0 Å². The van der Waals surface area contributed by atoms with Crippen LogP contribution in [0.1, 0.15) is 5.76 Å². The van der Waals surface area contributed by atoms with Gasteiger partial charge in [-0.05, 0) is 12.1 Å². The summed E-state index contributed by atoms with van der Waals surface area (Å²) in [6.45, 7) is 0.423. The molecule has 2 amide bonds. The zero-order valence-electron chi connectivity index (χ0n) is 6.26. The summed E-state index contributed by atoms with van der Waals surface area (Å²) < 4.78 is 4.99. The number of furan rings is 1. The van der Waals surface area contributed by atoms with Crippen LogP contribution in [0, 0.1) is 0 Å². The van der Waals surface area contributed by atoms with E-state index in [1.165, 1.54) is 0 Å². The molecule has 4 nitrogen and oxygen atoms in total. The van der Waals surface area contributed by atoms with Gasteiger partial charge in [-0.25, -0.2) is 4.79 Å². The standard InChI is InChI=1S/C7H10N2O2/c1-8-7(10)9-5-6-3-2-4-11-6/h2-4H,5H2,1H3,(H2,8,9,10). The molecule has 1 aromatic heterocycles. The SMILES string of the molecule is CNC(=O)NCc1ccco1. The highest BCUT2D eigenvalue weighted by molar-refractivity contribution is 5.73. The average molecular weight is 154 g/mol. The molecule has 11 heavy (non-hydrogen) atoms. The lowest BCUT2D eigenvalue weighted by Crippen LogP contribution is -2.31. The van der Waals surface area contributed by atoms with Crippen LogP contribution >= 0.6 is 0 Å². The molecule has 0 fully saturated rings. The number of rotatable bonds is 2. The number of urea groups is 1. The largest absolute Gasteiger partial charge is 0.467 e.